The monoisotopic (exact) mass is 289 g/mol. The van der Waals surface area contributed by atoms with Crippen molar-refractivity contribution in [1.29, 1.82) is 0 Å². The van der Waals surface area contributed by atoms with Gasteiger partial charge in [-0.15, -0.1) is 0 Å². The molecule has 2 unspecified atom stereocenters. The molecule has 2 aliphatic rings. The van der Waals surface area contributed by atoms with Crippen LogP contribution < -0.4 is 10.6 Å². The Bertz CT molecular complexity index is 338. The van der Waals surface area contributed by atoms with Gasteiger partial charge in [-0.1, -0.05) is 13.3 Å². The second-order valence-electron chi connectivity index (χ2n) is 5.88. The Morgan fingerprint density at radius 1 is 1.45 bits per heavy atom. The normalized spacial score (nSPS) is 30.4. The Labute approximate surface area is 119 Å². The molecule has 0 radical (unpaired) electrons. The van der Waals surface area contributed by atoms with E-state index < -0.39 is 18.5 Å². The Morgan fingerprint density at radius 3 is 2.90 bits per heavy atom. The molecule has 20 heavy (non-hydrogen) atoms. The minimum atomic E-state index is -2.75. The van der Waals surface area contributed by atoms with E-state index in [1.807, 2.05) is 0 Å². The molecule has 4 nitrogen and oxygen atoms in total. The molecule has 0 aromatic carbocycles. The summed E-state index contributed by atoms with van der Waals surface area (Å²) in [6.45, 7) is 4.22. The molecular weight excluding hydrogens is 264 g/mol. The van der Waals surface area contributed by atoms with Crippen molar-refractivity contribution >= 4 is 5.91 Å². The lowest BCUT2D eigenvalue weighted by Gasteiger charge is -2.35. The van der Waals surface area contributed by atoms with Crippen LogP contribution in [0.15, 0.2) is 0 Å². The summed E-state index contributed by atoms with van der Waals surface area (Å²) in [5, 5.41) is 5.36. The molecule has 1 amide bonds. The van der Waals surface area contributed by atoms with Gasteiger partial charge in [0.25, 0.3) is 5.92 Å². The molecule has 2 aliphatic heterocycles. The molecule has 6 heteroatoms. The highest BCUT2D eigenvalue weighted by atomic mass is 19.3. The summed E-state index contributed by atoms with van der Waals surface area (Å²) in [7, 11) is 0. The smallest absolute Gasteiger partial charge is 0.262 e. The first-order valence-corrected chi connectivity index (χ1v) is 7.65. The van der Waals surface area contributed by atoms with Crippen LogP contribution in [0.1, 0.15) is 39.0 Å². The number of nitrogens with one attached hydrogen (secondary N) is 2. The first-order chi connectivity index (χ1) is 9.52. The lowest BCUT2D eigenvalue weighted by atomic mass is 10.0. The molecule has 0 bridgehead atoms. The molecular formula is C14H25F2N3O. The van der Waals surface area contributed by atoms with Gasteiger partial charge in [-0.3, -0.25) is 15.0 Å². The number of halogens is 2. The maximum atomic E-state index is 13.0. The SMILES string of the molecule is CCC1CCCCN1CCNC(=O)C1CC(F)(F)CN1. The van der Waals surface area contributed by atoms with Gasteiger partial charge in [0.1, 0.15) is 0 Å². The molecule has 0 aromatic rings. The largest absolute Gasteiger partial charge is 0.353 e. The first-order valence-electron chi connectivity index (χ1n) is 7.65. The van der Waals surface area contributed by atoms with E-state index in [1.54, 1.807) is 0 Å². The minimum absolute atomic E-state index is 0.299. The highest BCUT2D eigenvalue weighted by molar-refractivity contribution is 5.82. The molecule has 0 saturated carbocycles. The third-order valence-corrected chi connectivity index (χ3v) is 4.34. The van der Waals surface area contributed by atoms with E-state index in [2.05, 4.69) is 22.5 Å². The average Bonchev–Trinajstić information content (AvgIpc) is 2.79. The summed E-state index contributed by atoms with van der Waals surface area (Å²) in [5.74, 6) is -3.05. The van der Waals surface area contributed by atoms with E-state index in [0.29, 0.717) is 12.6 Å². The molecule has 2 N–H and O–H groups in total. The number of alkyl halides is 2. The Morgan fingerprint density at radius 2 is 2.25 bits per heavy atom. The second kappa shape index (κ2) is 6.80. The van der Waals surface area contributed by atoms with Crippen molar-refractivity contribution in [2.75, 3.05) is 26.2 Å². The van der Waals surface area contributed by atoms with Crippen molar-refractivity contribution in [2.45, 2.75) is 57.0 Å². The van der Waals surface area contributed by atoms with Crippen molar-refractivity contribution < 1.29 is 13.6 Å². The molecule has 0 aliphatic carbocycles. The van der Waals surface area contributed by atoms with Crippen LogP contribution in [0, 0.1) is 0 Å². The summed E-state index contributed by atoms with van der Waals surface area (Å²) in [4.78, 5) is 14.2. The Balaban J connectivity index is 1.69. The van der Waals surface area contributed by atoms with E-state index in [1.165, 1.54) is 19.3 Å². The van der Waals surface area contributed by atoms with E-state index in [4.69, 9.17) is 0 Å². The number of amides is 1. The quantitative estimate of drug-likeness (QED) is 0.803. The molecule has 0 spiro atoms. The number of piperidine rings is 1. The molecule has 2 rings (SSSR count). The Hall–Kier alpha value is -0.750. The Kier molecular flexibility index (Phi) is 5.32. The van der Waals surface area contributed by atoms with Crippen molar-refractivity contribution in [3.05, 3.63) is 0 Å². The summed E-state index contributed by atoms with van der Waals surface area (Å²) in [5.41, 5.74) is 0. The third-order valence-electron chi connectivity index (χ3n) is 4.34. The van der Waals surface area contributed by atoms with Crippen LogP contribution in [0.25, 0.3) is 0 Å². The number of rotatable bonds is 5. The van der Waals surface area contributed by atoms with Gasteiger partial charge in [0.2, 0.25) is 5.91 Å². The maximum Gasteiger partial charge on any atom is 0.262 e. The zero-order valence-corrected chi connectivity index (χ0v) is 12.1. The number of carbonyl (C=O) groups is 1. The predicted octanol–water partition coefficient (Wildman–Crippen LogP) is 1.36. The van der Waals surface area contributed by atoms with Crippen molar-refractivity contribution in [1.82, 2.24) is 15.5 Å². The molecule has 2 fully saturated rings. The molecule has 0 aromatic heterocycles. The van der Waals surface area contributed by atoms with Gasteiger partial charge in [-0.25, -0.2) is 8.78 Å². The molecule has 2 heterocycles. The van der Waals surface area contributed by atoms with Crippen LogP contribution in [-0.2, 0) is 4.79 Å². The van der Waals surface area contributed by atoms with Crippen molar-refractivity contribution in [3.8, 4) is 0 Å². The highest BCUT2D eigenvalue weighted by Crippen LogP contribution is 2.25. The van der Waals surface area contributed by atoms with Crippen LogP contribution in [0.5, 0.6) is 0 Å². The van der Waals surface area contributed by atoms with Crippen LogP contribution in [0.3, 0.4) is 0 Å². The fourth-order valence-corrected chi connectivity index (χ4v) is 3.16. The van der Waals surface area contributed by atoms with E-state index in [9.17, 15) is 13.6 Å². The predicted molar refractivity (Wildman–Crippen MR) is 73.9 cm³/mol. The summed E-state index contributed by atoms with van der Waals surface area (Å²) in [6, 6.07) is -0.136. The van der Waals surface area contributed by atoms with Gasteiger partial charge in [0.05, 0.1) is 12.6 Å². The van der Waals surface area contributed by atoms with Crippen molar-refractivity contribution in [3.63, 3.8) is 0 Å². The number of likely N-dealkylation sites (tertiary alicyclic amines) is 1. The van der Waals surface area contributed by atoms with E-state index >= 15 is 0 Å². The lowest BCUT2D eigenvalue weighted by molar-refractivity contribution is -0.123. The number of hydrogen-bond donors (Lipinski definition) is 2. The number of hydrogen-bond acceptors (Lipinski definition) is 3. The van der Waals surface area contributed by atoms with Crippen LogP contribution in [0.4, 0.5) is 8.78 Å². The number of nitrogens with zero attached hydrogens (tertiary/aromatic N) is 1. The van der Waals surface area contributed by atoms with E-state index in [0.717, 1.165) is 19.5 Å². The third kappa shape index (κ3) is 4.12. The number of carbonyl (C=O) groups excluding carboxylic acids is 1. The molecule has 2 atom stereocenters. The van der Waals surface area contributed by atoms with Gasteiger partial charge in [0, 0.05) is 25.6 Å². The minimum Gasteiger partial charge on any atom is -0.353 e. The molecule has 116 valence electrons. The average molecular weight is 289 g/mol. The van der Waals surface area contributed by atoms with Crippen LogP contribution in [-0.4, -0.2) is 55.0 Å². The molecule has 2 saturated heterocycles. The zero-order valence-electron chi connectivity index (χ0n) is 12.1. The standard InChI is InChI=1S/C14H25F2N3O/c1-2-11-5-3-4-7-19(11)8-6-17-13(20)12-9-14(15,16)10-18-12/h11-12,18H,2-10H2,1H3,(H,17,20). The summed E-state index contributed by atoms with van der Waals surface area (Å²) in [6.07, 6.45) is 4.45. The fourth-order valence-electron chi connectivity index (χ4n) is 3.16. The van der Waals surface area contributed by atoms with Crippen LogP contribution >= 0.6 is 0 Å². The fraction of sp³-hybridized carbons (Fsp3) is 0.929. The van der Waals surface area contributed by atoms with E-state index in [-0.39, 0.29) is 12.3 Å². The van der Waals surface area contributed by atoms with Gasteiger partial charge in [0.15, 0.2) is 0 Å². The highest BCUT2D eigenvalue weighted by Gasteiger charge is 2.42. The summed E-state index contributed by atoms with van der Waals surface area (Å²) >= 11 is 0. The van der Waals surface area contributed by atoms with Gasteiger partial charge >= 0.3 is 0 Å². The van der Waals surface area contributed by atoms with Gasteiger partial charge in [-0.05, 0) is 25.8 Å². The summed E-state index contributed by atoms with van der Waals surface area (Å²) < 4.78 is 26.0. The lowest BCUT2D eigenvalue weighted by Crippen LogP contribution is -2.46. The van der Waals surface area contributed by atoms with Crippen molar-refractivity contribution in [2.24, 2.45) is 0 Å². The topological polar surface area (TPSA) is 44.4 Å². The zero-order chi connectivity index (χ0) is 14.6. The van der Waals surface area contributed by atoms with Crippen LogP contribution in [0.2, 0.25) is 0 Å². The van der Waals surface area contributed by atoms with Gasteiger partial charge in [-0.2, -0.15) is 0 Å². The van der Waals surface area contributed by atoms with Gasteiger partial charge < -0.3 is 5.32 Å². The second-order valence-corrected chi connectivity index (χ2v) is 5.88. The first kappa shape index (κ1) is 15.6. The maximum absolute atomic E-state index is 13.0.